The largest absolute Gasteiger partial charge is 0.252 e. The molecule has 90 valence electrons. The van der Waals surface area contributed by atoms with Crippen LogP contribution in [0.3, 0.4) is 0 Å². The molecule has 0 fully saturated rings. The Morgan fingerprint density at radius 1 is 1.24 bits per heavy atom. The van der Waals surface area contributed by atoms with Crippen molar-refractivity contribution in [3.63, 3.8) is 0 Å². The van der Waals surface area contributed by atoms with E-state index < -0.39 is 5.82 Å². The van der Waals surface area contributed by atoms with E-state index in [4.69, 9.17) is 34.8 Å². The summed E-state index contributed by atoms with van der Waals surface area (Å²) in [4.78, 5) is 4.40. The first-order valence-corrected chi connectivity index (χ1v) is 6.23. The van der Waals surface area contributed by atoms with Gasteiger partial charge in [0.1, 0.15) is 0 Å². The molecule has 1 aromatic heterocycles. The Kier molecular flexibility index (Phi) is 3.48. The topological polar surface area (TPSA) is 12.9 Å². The minimum atomic E-state index is -0.659. The number of nitrogens with zero attached hydrogens (tertiary/aromatic N) is 1. The maximum absolute atomic E-state index is 13.6. The maximum atomic E-state index is 13.6. The Bertz CT molecular complexity index is 611. The summed E-state index contributed by atoms with van der Waals surface area (Å²) >= 11 is 17.9. The Hall–Kier alpha value is -0.570. The van der Waals surface area contributed by atoms with Crippen LogP contribution in [0.5, 0.6) is 0 Å². The van der Waals surface area contributed by atoms with Crippen molar-refractivity contribution in [3.05, 3.63) is 38.2 Å². The van der Waals surface area contributed by atoms with Gasteiger partial charge in [0, 0.05) is 11.1 Å². The molecule has 0 radical (unpaired) electrons. The number of hydrogen-bond acceptors (Lipinski definition) is 1. The lowest BCUT2D eigenvalue weighted by Crippen LogP contribution is -1.96. The summed E-state index contributed by atoms with van der Waals surface area (Å²) in [5.74, 6) is -0.659. The van der Waals surface area contributed by atoms with Gasteiger partial charge in [0.2, 0.25) is 0 Å². The molecular weight excluding hydrogens is 283 g/mol. The first-order valence-electron chi connectivity index (χ1n) is 5.09. The number of pyridine rings is 1. The van der Waals surface area contributed by atoms with Gasteiger partial charge < -0.3 is 0 Å². The van der Waals surface area contributed by atoms with E-state index in [0.717, 1.165) is 17.7 Å². The lowest BCUT2D eigenvalue weighted by atomic mass is 10.1. The van der Waals surface area contributed by atoms with E-state index in [1.165, 1.54) is 6.07 Å². The number of fused-ring (bicyclic) bond motifs is 1. The minimum absolute atomic E-state index is 0.0445. The summed E-state index contributed by atoms with van der Waals surface area (Å²) in [5.41, 5.74) is 2.21. The van der Waals surface area contributed by atoms with Crippen molar-refractivity contribution >= 4 is 45.7 Å². The molecule has 1 nitrogen and oxygen atoms in total. The Morgan fingerprint density at radius 2 is 1.88 bits per heavy atom. The van der Waals surface area contributed by atoms with Crippen LogP contribution < -0.4 is 0 Å². The SMILES string of the molecule is CCc1nc2cc(Cl)c(F)c(Cl)c2c(Cl)c1C. The fraction of sp³-hybridized carbons (Fsp3) is 0.250. The third-order valence-corrected chi connectivity index (χ3v) is 3.82. The molecule has 0 aliphatic rings. The zero-order chi connectivity index (χ0) is 12.7. The Balaban J connectivity index is 2.97. The van der Waals surface area contributed by atoms with Crippen molar-refractivity contribution in [2.24, 2.45) is 0 Å². The van der Waals surface area contributed by atoms with Gasteiger partial charge in [0.15, 0.2) is 5.82 Å². The van der Waals surface area contributed by atoms with Gasteiger partial charge >= 0.3 is 0 Å². The maximum Gasteiger partial charge on any atom is 0.161 e. The molecule has 0 amide bonds. The second-order valence-corrected chi connectivity index (χ2v) is 4.89. The van der Waals surface area contributed by atoms with Gasteiger partial charge in [-0.2, -0.15) is 0 Å². The highest BCUT2D eigenvalue weighted by Crippen LogP contribution is 2.37. The molecule has 1 aromatic carbocycles. The number of hydrogen-bond donors (Lipinski definition) is 0. The van der Waals surface area contributed by atoms with Crippen molar-refractivity contribution < 1.29 is 4.39 Å². The second-order valence-electron chi connectivity index (χ2n) is 3.73. The third kappa shape index (κ3) is 1.99. The van der Waals surface area contributed by atoms with Crippen LogP contribution in [-0.2, 0) is 6.42 Å². The second kappa shape index (κ2) is 4.60. The van der Waals surface area contributed by atoms with Crippen LogP contribution in [0.1, 0.15) is 18.2 Å². The van der Waals surface area contributed by atoms with Gasteiger partial charge in [0.25, 0.3) is 0 Å². The Morgan fingerprint density at radius 3 is 2.47 bits per heavy atom. The monoisotopic (exact) mass is 291 g/mol. The smallest absolute Gasteiger partial charge is 0.161 e. The van der Waals surface area contributed by atoms with Crippen LogP contribution in [0.25, 0.3) is 10.9 Å². The first kappa shape index (κ1) is 12.9. The molecule has 0 atom stereocenters. The quantitative estimate of drug-likeness (QED) is 0.658. The molecule has 0 aliphatic carbocycles. The van der Waals surface area contributed by atoms with Crippen molar-refractivity contribution in [1.82, 2.24) is 4.98 Å². The molecule has 1 heterocycles. The van der Waals surface area contributed by atoms with Gasteiger partial charge in [-0.25, -0.2) is 4.39 Å². The number of benzene rings is 1. The summed E-state index contributed by atoms with van der Waals surface area (Å²) in [6.45, 7) is 3.82. The van der Waals surface area contributed by atoms with E-state index in [1.54, 1.807) is 0 Å². The van der Waals surface area contributed by atoms with Crippen LogP contribution in [0, 0.1) is 12.7 Å². The molecule has 17 heavy (non-hydrogen) atoms. The van der Waals surface area contributed by atoms with E-state index in [0.29, 0.717) is 15.9 Å². The summed E-state index contributed by atoms with van der Waals surface area (Å²) in [7, 11) is 0. The van der Waals surface area contributed by atoms with E-state index in [9.17, 15) is 4.39 Å². The molecule has 2 aromatic rings. The predicted molar refractivity (Wildman–Crippen MR) is 70.8 cm³/mol. The Labute approximate surface area is 114 Å². The van der Waals surface area contributed by atoms with Crippen LogP contribution in [-0.4, -0.2) is 4.98 Å². The summed E-state index contributed by atoms with van der Waals surface area (Å²) in [5, 5.41) is 0.741. The molecule has 5 heteroatoms. The fourth-order valence-electron chi connectivity index (χ4n) is 1.77. The zero-order valence-corrected chi connectivity index (χ0v) is 11.5. The first-order chi connectivity index (χ1) is 7.97. The summed E-state index contributed by atoms with van der Waals surface area (Å²) in [6.07, 6.45) is 0.744. The summed E-state index contributed by atoms with van der Waals surface area (Å²) in [6, 6.07) is 1.45. The molecular formula is C12H9Cl3FN. The van der Waals surface area contributed by atoms with E-state index >= 15 is 0 Å². The van der Waals surface area contributed by atoms with Gasteiger partial charge in [-0.1, -0.05) is 41.7 Å². The van der Waals surface area contributed by atoms with Gasteiger partial charge in [-0.3, -0.25) is 4.98 Å². The highest BCUT2D eigenvalue weighted by Gasteiger charge is 2.17. The van der Waals surface area contributed by atoms with Gasteiger partial charge in [-0.05, 0) is 25.0 Å². The fourth-order valence-corrected chi connectivity index (χ4v) is 2.66. The molecule has 0 saturated heterocycles. The molecule has 0 aliphatic heterocycles. The van der Waals surface area contributed by atoms with Crippen LogP contribution in [0.2, 0.25) is 15.1 Å². The zero-order valence-electron chi connectivity index (χ0n) is 9.24. The van der Waals surface area contributed by atoms with Crippen molar-refractivity contribution in [2.75, 3.05) is 0 Å². The number of rotatable bonds is 1. The van der Waals surface area contributed by atoms with Gasteiger partial charge in [0.05, 0.1) is 20.6 Å². The average molecular weight is 293 g/mol. The normalized spacial score (nSPS) is 11.2. The molecule has 0 saturated carbocycles. The molecule has 0 unspecified atom stereocenters. The van der Waals surface area contributed by atoms with Crippen LogP contribution >= 0.6 is 34.8 Å². The van der Waals surface area contributed by atoms with Crippen LogP contribution in [0.15, 0.2) is 6.07 Å². The molecule has 2 rings (SSSR count). The minimum Gasteiger partial charge on any atom is -0.252 e. The number of halogens is 4. The molecule has 0 spiro atoms. The number of aryl methyl sites for hydroxylation is 1. The highest BCUT2D eigenvalue weighted by atomic mass is 35.5. The third-order valence-electron chi connectivity index (χ3n) is 2.71. The van der Waals surface area contributed by atoms with Crippen molar-refractivity contribution in [2.45, 2.75) is 20.3 Å². The van der Waals surface area contributed by atoms with E-state index in [-0.39, 0.29) is 10.0 Å². The predicted octanol–water partition coefficient (Wildman–Crippen LogP) is 5.20. The van der Waals surface area contributed by atoms with Crippen LogP contribution in [0.4, 0.5) is 4.39 Å². The van der Waals surface area contributed by atoms with Crippen molar-refractivity contribution in [3.8, 4) is 0 Å². The van der Waals surface area contributed by atoms with Crippen molar-refractivity contribution in [1.29, 1.82) is 0 Å². The average Bonchev–Trinajstić information content (AvgIpc) is 2.30. The standard InChI is InChI=1S/C12H9Cl3FN/c1-3-7-5(2)10(14)9-8(17-7)4-6(13)12(16)11(9)15/h4H,3H2,1-2H3. The van der Waals surface area contributed by atoms with E-state index in [2.05, 4.69) is 4.98 Å². The molecule has 0 N–H and O–H groups in total. The molecule has 0 bridgehead atoms. The lowest BCUT2D eigenvalue weighted by Gasteiger charge is -2.11. The summed E-state index contributed by atoms with van der Waals surface area (Å²) < 4.78 is 13.6. The lowest BCUT2D eigenvalue weighted by molar-refractivity contribution is 0.630. The highest BCUT2D eigenvalue weighted by molar-refractivity contribution is 6.44. The van der Waals surface area contributed by atoms with E-state index in [1.807, 2.05) is 13.8 Å². The number of aromatic nitrogens is 1. The van der Waals surface area contributed by atoms with Gasteiger partial charge in [-0.15, -0.1) is 0 Å².